The van der Waals surface area contributed by atoms with E-state index >= 15 is 0 Å². The first-order chi connectivity index (χ1) is 17.7. The largest absolute Gasteiger partial charge is 3.00 e. The van der Waals surface area contributed by atoms with E-state index in [1.165, 1.54) is 11.1 Å². The van der Waals surface area contributed by atoms with Crippen LogP contribution in [0.15, 0.2) is 78.0 Å². The average molecular weight is 701 g/mol. The molecule has 2 aromatic carbocycles. The molecule has 0 amide bonds. The molecule has 5 nitrogen and oxygen atoms in total. The van der Waals surface area contributed by atoms with E-state index in [4.69, 9.17) is 0 Å². The van der Waals surface area contributed by atoms with Crippen LogP contribution < -0.4 is 9.91 Å². The number of hydrazone groups is 1. The van der Waals surface area contributed by atoms with Crippen LogP contribution in [0.25, 0.3) is 11.3 Å². The second-order valence-corrected chi connectivity index (χ2v) is 7.69. The molecule has 0 saturated carbocycles. The Labute approximate surface area is 230 Å². The predicted octanol–water partition coefficient (Wildman–Crippen LogP) is 6.68. The normalized spacial score (nSPS) is 12.6. The third-order valence-corrected chi connectivity index (χ3v) is 5.19. The Bertz CT molecular complexity index is 1360. The third kappa shape index (κ3) is 7.20. The Hall–Kier alpha value is -3.69. The summed E-state index contributed by atoms with van der Waals surface area (Å²) in [7, 11) is 0. The maximum absolute atomic E-state index is 13.3. The zero-order valence-corrected chi connectivity index (χ0v) is 22.1. The van der Waals surface area contributed by atoms with E-state index in [0.717, 1.165) is 35.9 Å². The van der Waals surface area contributed by atoms with Crippen LogP contribution in [0.3, 0.4) is 0 Å². The first-order valence-electron chi connectivity index (χ1n) is 11.0. The van der Waals surface area contributed by atoms with Crippen LogP contribution in [0.4, 0.5) is 33.3 Å². The van der Waals surface area contributed by atoms with Crippen molar-refractivity contribution in [3.63, 3.8) is 0 Å². The number of aromatic nitrogens is 2. The van der Waals surface area contributed by atoms with Crippen LogP contribution in [-0.2, 0) is 32.7 Å². The molecule has 0 aliphatic carbocycles. The summed E-state index contributed by atoms with van der Waals surface area (Å²) in [6.45, 7) is 3.66. The van der Waals surface area contributed by atoms with Gasteiger partial charge < -0.3 is 14.9 Å². The van der Waals surface area contributed by atoms with E-state index in [1.807, 2.05) is 43.3 Å². The van der Waals surface area contributed by atoms with Crippen molar-refractivity contribution in [1.29, 1.82) is 0 Å². The van der Waals surface area contributed by atoms with Gasteiger partial charge in [0, 0.05) is 11.9 Å². The summed E-state index contributed by atoms with van der Waals surface area (Å²) >= 11 is 0. The standard InChI is InChI=1S/C15H10F3N3.C12H9F2N2.Ir/c16-15(17,18)12-6-8-14(9-7-12)21-11-20(10-19-21)13-4-2-1-3-5-13;1-2-8-5-6-15-10(7-8)9-3-4-11(13)16-12(9)14;/h1-8,10-11H;4-7H,2H2,1H3;/q-2;-1;+3. The number of anilines is 2. The number of para-hydroxylation sites is 1. The zero-order chi connectivity index (χ0) is 26.4. The average Bonchev–Trinajstić information content (AvgIpc) is 3.40. The fraction of sp³-hybridized carbons (Fsp3) is 0.111. The fourth-order valence-electron chi connectivity index (χ4n) is 3.27. The molecule has 1 aliphatic rings. The number of nitrogens with zero attached hydrogens (tertiary/aromatic N) is 5. The van der Waals surface area contributed by atoms with Gasteiger partial charge in [-0.15, -0.1) is 18.8 Å². The number of pyridine rings is 2. The van der Waals surface area contributed by atoms with Gasteiger partial charge in [-0.2, -0.15) is 36.5 Å². The van der Waals surface area contributed by atoms with Crippen molar-refractivity contribution in [3.8, 4) is 11.3 Å². The summed E-state index contributed by atoms with van der Waals surface area (Å²) in [5, 5.41) is 5.59. The van der Waals surface area contributed by atoms with Crippen LogP contribution in [-0.4, -0.2) is 16.3 Å². The summed E-state index contributed by atoms with van der Waals surface area (Å²) in [6, 6.07) is 22.4. The Morgan fingerprint density at radius 3 is 2.37 bits per heavy atom. The van der Waals surface area contributed by atoms with Crippen molar-refractivity contribution in [3.05, 3.63) is 115 Å². The summed E-state index contributed by atoms with van der Waals surface area (Å²) in [6.07, 6.45) is -0.361. The van der Waals surface area contributed by atoms with Crippen LogP contribution in [0.1, 0.15) is 18.1 Å². The van der Waals surface area contributed by atoms with E-state index in [1.54, 1.807) is 30.2 Å². The van der Waals surface area contributed by atoms with Crippen molar-refractivity contribution in [2.45, 2.75) is 19.5 Å². The minimum atomic E-state index is -4.36. The maximum atomic E-state index is 13.3. The third-order valence-electron chi connectivity index (χ3n) is 5.19. The molecule has 0 atom stereocenters. The topological polar surface area (TPSA) is 44.6 Å². The molecule has 1 aliphatic heterocycles. The molecule has 2 aromatic heterocycles. The van der Waals surface area contributed by atoms with Crippen LogP contribution in [0.2, 0.25) is 0 Å². The van der Waals surface area contributed by atoms with Gasteiger partial charge in [-0.1, -0.05) is 59.6 Å². The molecule has 11 heteroatoms. The van der Waals surface area contributed by atoms with Crippen molar-refractivity contribution >= 4 is 17.7 Å². The quantitative estimate of drug-likeness (QED) is 0.136. The van der Waals surface area contributed by atoms with E-state index in [-0.39, 0.29) is 25.7 Å². The van der Waals surface area contributed by atoms with Crippen molar-refractivity contribution in [2.75, 3.05) is 9.91 Å². The zero-order valence-electron chi connectivity index (χ0n) is 19.7. The van der Waals surface area contributed by atoms with Gasteiger partial charge in [0.15, 0.2) is 0 Å². The summed E-state index contributed by atoms with van der Waals surface area (Å²) in [4.78, 5) is 8.88. The second kappa shape index (κ2) is 12.7. The molecule has 0 fully saturated rings. The molecule has 196 valence electrons. The van der Waals surface area contributed by atoms with Crippen LogP contribution in [0.5, 0.6) is 0 Å². The summed E-state index contributed by atoms with van der Waals surface area (Å²) < 4.78 is 63.5. The molecule has 5 rings (SSSR count). The molecular weight excluding hydrogens is 682 g/mol. The van der Waals surface area contributed by atoms with Gasteiger partial charge in [-0.3, -0.25) is 4.98 Å². The minimum absolute atomic E-state index is 0. The Morgan fingerprint density at radius 2 is 1.74 bits per heavy atom. The summed E-state index contributed by atoms with van der Waals surface area (Å²) in [5.41, 5.74) is 2.17. The Balaban J connectivity index is 0.000000213. The maximum Gasteiger partial charge on any atom is 3.00 e. The molecule has 4 aromatic rings. The Kier molecular flexibility index (Phi) is 9.66. The molecule has 0 bridgehead atoms. The minimum Gasteiger partial charge on any atom is -0.463 e. The van der Waals surface area contributed by atoms with E-state index in [0.29, 0.717) is 11.4 Å². The van der Waals surface area contributed by atoms with Crippen molar-refractivity contribution in [2.24, 2.45) is 5.10 Å². The fourth-order valence-corrected chi connectivity index (χ4v) is 3.27. The van der Waals surface area contributed by atoms with Crippen LogP contribution >= 0.6 is 0 Å². The molecule has 0 radical (unpaired) electrons. The van der Waals surface area contributed by atoms with Gasteiger partial charge >= 0.3 is 26.3 Å². The molecule has 0 N–H and O–H groups in total. The number of aryl methyl sites for hydroxylation is 1. The van der Waals surface area contributed by atoms with Gasteiger partial charge in [0.1, 0.15) is 11.9 Å². The first-order valence-corrected chi connectivity index (χ1v) is 11.0. The number of rotatable bonds is 4. The number of benzene rings is 2. The number of hydrogen-bond acceptors (Lipinski definition) is 5. The van der Waals surface area contributed by atoms with E-state index < -0.39 is 23.6 Å². The number of hydrogen-bond donors (Lipinski definition) is 0. The molecule has 0 saturated heterocycles. The SMILES string of the molecule is CCc1ccnc(-c2[c-]cc(F)nc2F)c1.FC(F)(F)c1c[c-]c(N2[CH-]N(c3ccccc3)C=N2)cc1.[Ir+3]. The summed E-state index contributed by atoms with van der Waals surface area (Å²) in [5.74, 6) is -1.77. The molecule has 38 heavy (non-hydrogen) atoms. The van der Waals surface area contributed by atoms with Gasteiger partial charge in [-0.05, 0) is 30.3 Å². The van der Waals surface area contributed by atoms with Crippen LogP contribution in [0, 0.1) is 30.7 Å². The van der Waals surface area contributed by atoms with Gasteiger partial charge in [0.05, 0.1) is 6.34 Å². The molecule has 3 heterocycles. The number of halogens is 5. The monoisotopic (exact) mass is 701 g/mol. The predicted molar refractivity (Wildman–Crippen MR) is 130 cm³/mol. The van der Waals surface area contributed by atoms with E-state index in [9.17, 15) is 22.0 Å². The first kappa shape index (κ1) is 28.9. The van der Waals surface area contributed by atoms with Gasteiger partial charge in [0.25, 0.3) is 0 Å². The van der Waals surface area contributed by atoms with Crippen molar-refractivity contribution in [1.82, 2.24) is 9.97 Å². The second-order valence-electron chi connectivity index (χ2n) is 7.69. The van der Waals surface area contributed by atoms with E-state index in [2.05, 4.69) is 27.2 Å². The Morgan fingerprint density at radius 1 is 0.974 bits per heavy atom. The van der Waals surface area contributed by atoms with Gasteiger partial charge in [-0.25, -0.2) is 8.78 Å². The molecule has 0 spiro atoms. The molecular formula is C27H19F5IrN5. The molecule has 0 unspecified atom stereocenters. The van der Waals surface area contributed by atoms with Crippen molar-refractivity contribution < 1.29 is 42.1 Å². The smallest absolute Gasteiger partial charge is 0.463 e. The van der Waals surface area contributed by atoms with Gasteiger partial charge in [0.2, 0.25) is 0 Å². The number of alkyl halides is 3.